The summed E-state index contributed by atoms with van der Waals surface area (Å²) in [7, 11) is 2.66. The maximum Gasteiger partial charge on any atom is 0.410 e. The first kappa shape index (κ1) is 14.2. The molecule has 0 fully saturated rings. The Morgan fingerprint density at radius 3 is 2.75 bits per heavy atom. The fourth-order valence-electron chi connectivity index (χ4n) is 2.46. The molecular formula is C14H18N2O4. The molecule has 1 heterocycles. The molecule has 0 saturated heterocycles. The highest BCUT2D eigenvalue weighted by atomic mass is 16.5. The summed E-state index contributed by atoms with van der Waals surface area (Å²) in [6, 6.07) is 7.65. The molecule has 0 spiro atoms. The third kappa shape index (κ3) is 2.84. The largest absolute Gasteiger partial charge is 0.453 e. The van der Waals surface area contributed by atoms with Crippen molar-refractivity contribution in [3.05, 3.63) is 35.4 Å². The molecule has 6 heteroatoms. The highest BCUT2D eigenvalue weighted by molar-refractivity contribution is 5.70. The van der Waals surface area contributed by atoms with Gasteiger partial charge in [0.2, 0.25) is 0 Å². The second kappa shape index (κ2) is 6.27. The smallest absolute Gasteiger partial charge is 0.410 e. The van der Waals surface area contributed by atoms with Crippen molar-refractivity contribution in [3.8, 4) is 0 Å². The van der Waals surface area contributed by atoms with E-state index in [1.807, 2.05) is 24.3 Å². The number of fused-ring (bicyclic) bond motifs is 1. The minimum atomic E-state index is -0.516. The number of methoxy groups -OCH3 is 2. The standard InChI is InChI=1S/C14H18N2O4/c1-19-13(17)15-9-12-11-6-4-3-5-10(11)7-8-16(12)14(18)20-2/h3-6,12H,7-9H2,1-2H3,(H,15,17)/t12-/m1/s1. The summed E-state index contributed by atoms with van der Waals surface area (Å²) in [5.41, 5.74) is 2.21. The van der Waals surface area contributed by atoms with Crippen molar-refractivity contribution < 1.29 is 19.1 Å². The Hall–Kier alpha value is -2.24. The summed E-state index contributed by atoms with van der Waals surface area (Å²) in [5.74, 6) is 0. The van der Waals surface area contributed by atoms with Crippen molar-refractivity contribution in [1.82, 2.24) is 10.2 Å². The number of ether oxygens (including phenoxy) is 2. The number of nitrogens with one attached hydrogen (secondary N) is 1. The number of hydrogen-bond acceptors (Lipinski definition) is 4. The number of benzene rings is 1. The molecule has 2 rings (SSSR count). The van der Waals surface area contributed by atoms with Crippen LogP contribution in [0, 0.1) is 0 Å². The van der Waals surface area contributed by atoms with Crippen LogP contribution in [0.25, 0.3) is 0 Å². The second-order valence-electron chi connectivity index (χ2n) is 4.50. The minimum absolute atomic E-state index is 0.244. The number of amides is 2. The summed E-state index contributed by atoms with van der Waals surface area (Å²) in [5, 5.41) is 2.64. The highest BCUT2D eigenvalue weighted by Gasteiger charge is 2.31. The summed E-state index contributed by atoms with van der Waals surface area (Å²) in [4.78, 5) is 24.7. The van der Waals surface area contributed by atoms with Crippen LogP contribution in [0.3, 0.4) is 0 Å². The molecular weight excluding hydrogens is 260 g/mol. The van der Waals surface area contributed by atoms with Gasteiger partial charge in [0.15, 0.2) is 0 Å². The van der Waals surface area contributed by atoms with E-state index in [2.05, 4.69) is 10.1 Å². The molecule has 0 aromatic heterocycles. The lowest BCUT2D eigenvalue weighted by Crippen LogP contribution is -2.45. The molecule has 0 aliphatic carbocycles. The first-order valence-corrected chi connectivity index (χ1v) is 6.41. The third-order valence-corrected chi connectivity index (χ3v) is 3.45. The Morgan fingerprint density at radius 2 is 2.05 bits per heavy atom. The van der Waals surface area contributed by atoms with Crippen molar-refractivity contribution in [2.24, 2.45) is 0 Å². The fourth-order valence-corrected chi connectivity index (χ4v) is 2.46. The summed E-state index contributed by atoms with van der Waals surface area (Å²) >= 11 is 0. The van der Waals surface area contributed by atoms with Crippen LogP contribution in [0.4, 0.5) is 9.59 Å². The van der Waals surface area contributed by atoms with Crippen molar-refractivity contribution in [3.63, 3.8) is 0 Å². The maximum absolute atomic E-state index is 11.9. The van der Waals surface area contributed by atoms with Crippen molar-refractivity contribution in [2.45, 2.75) is 12.5 Å². The van der Waals surface area contributed by atoms with E-state index in [1.54, 1.807) is 4.90 Å². The van der Waals surface area contributed by atoms with E-state index in [1.165, 1.54) is 19.8 Å². The Labute approximate surface area is 117 Å². The van der Waals surface area contributed by atoms with Gasteiger partial charge in [0, 0.05) is 13.1 Å². The minimum Gasteiger partial charge on any atom is -0.453 e. The third-order valence-electron chi connectivity index (χ3n) is 3.45. The van der Waals surface area contributed by atoms with E-state index in [9.17, 15) is 9.59 Å². The Balaban J connectivity index is 2.23. The lowest BCUT2D eigenvalue weighted by molar-refractivity contribution is 0.0987. The average molecular weight is 278 g/mol. The van der Waals surface area contributed by atoms with Gasteiger partial charge in [0.1, 0.15) is 0 Å². The normalized spacial score (nSPS) is 17.1. The molecule has 1 N–H and O–H groups in total. The van der Waals surface area contributed by atoms with Crippen molar-refractivity contribution in [2.75, 3.05) is 27.3 Å². The van der Waals surface area contributed by atoms with Crippen LogP contribution in [-0.4, -0.2) is 44.4 Å². The van der Waals surface area contributed by atoms with E-state index in [-0.39, 0.29) is 6.04 Å². The molecule has 1 aromatic rings. The fraction of sp³-hybridized carbons (Fsp3) is 0.429. The van der Waals surface area contributed by atoms with Gasteiger partial charge in [-0.05, 0) is 17.5 Å². The quantitative estimate of drug-likeness (QED) is 0.894. The SMILES string of the molecule is COC(=O)NC[C@@H]1c2ccccc2CCN1C(=O)OC. The predicted octanol–water partition coefficient (Wildman–Crippen LogP) is 1.71. The zero-order valence-corrected chi connectivity index (χ0v) is 11.6. The number of carbonyl (C=O) groups is 2. The van der Waals surface area contributed by atoms with E-state index in [0.29, 0.717) is 13.1 Å². The Morgan fingerprint density at radius 1 is 1.30 bits per heavy atom. The Kier molecular flexibility index (Phi) is 4.45. The van der Waals surface area contributed by atoms with Gasteiger partial charge in [-0.25, -0.2) is 9.59 Å². The van der Waals surface area contributed by atoms with Gasteiger partial charge >= 0.3 is 12.2 Å². The van der Waals surface area contributed by atoms with Gasteiger partial charge in [-0.3, -0.25) is 4.90 Å². The monoisotopic (exact) mass is 278 g/mol. The van der Waals surface area contributed by atoms with Gasteiger partial charge in [0.05, 0.1) is 20.3 Å². The van der Waals surface area contributed by atoms with Gasteiger partial charge in [-0.15, -0.1) is 0 Å². The number of alkyl carbamates (subject to hydrolysis) is 1. The lowest BCUT2D eigenvalue weighted by Gasteiger charge is -2.36. The van der Waals surface area contributed by atoms with E-state index in [0.717, 1.165) is 12.0 Å². The van der Waals surface area contributed by atoms with Crippen LogP contribution >= 0.6 is 0 Å². The first-order valence-electron chi connectivity index (χ1n) is 6.41. The average Bonchev–Trinajstić information content (AvgIpc) is 2.51. The number of hydrogen-bond donors (Lipinski definition) is 1. The zero-order valence-electron chi connectivity index (χ0n) is 11.6. The van der Waals surface area contributed by atoms with Crippen LogP contribution in [0.2, 0.25) is 0 Å². The van der Waals surface area contributed by atoms with E-state index >= 15 is 0 Å². The number of rotatable bonds is 2. The molecule has 0 unspecified atom stereocenters. The molecule has 1 aliphatic heterocycles. The first-order chi connectivity index (χ1) is 9.67. The van der Waals surface area contributed by atoms with E-state index < -0.39 is 12.2 Å². The van der Waals surface area contributed by atoms with Crippen LogP contribution in [0.15, 0.2) is 24.3 Å². The predicted molar refractivity (Wildman–Crippen MR) is 72.4 cm³/mol. The van der Waals surface area contributed by atoms with Gasteiger partial charge in [-0.2, -0.15) is 0 Å². The lowest BCUT2D eigenvalue weighted by atomic mass is 9.93. The van der Waals surface area contributed by atoms with Gasteiger partial charge < -0.3 is 14.8 Å². The van der Waals surface area contributed by atoms with Crippen LogP contribution in [-0.2, 0) is 15.9 Å². The Bertz CT molecular complexity index is 504. The molecule has 6 nitrogen and oxygen atoms in total. The summed E-state index contributed by atoms with van der Waals surface area (Å²) < 4.78 is 9.38. The highest BCUT2D eigenvalue weighted by Crippen LogP contribution is 2.29. The van der Waals surface area contributed by atoms with Crippen LogP contribution < -0.4 is 5.32 Å². The molecule has 0 bridgehead atoms. The number of nitrogens with zero attached hydrogens (tertiary/aromatic N) is 1. The molecule has 0 saturated carbocycles. The maximum atomic E-state index is 11.9. The van der Waals surface area contributed by atoms with E-state index in [4.69, 9.17) is 4.74 Å². The number of carbonyl (C=O) groups excluding carboxylic acids is 2. The molecule has 2 amide bonds. The summed E-state index contributed by atoms with van der Waals surface area (Å²) in [6.45, 7) is 0.857. The van der Waals surface area contributed by atoms with Gasteiger partial charge in [0.25, 0.3) is 0 Å². The van der Waals surface area contributed by atoms with Crippen LogP contribution in [0.5, 0.6) is 0 Å². The molecule has 1 aliphatic rings. The molecule has 20 heavy (non-hydrogen) atoms. The zero-order chi connectivity index (χ0) is 14.5. The van der Waals surface area contributed by atoms with Gasteiger partial charge in [-0.1, -0.05) is 24.3 Å². The second-order valence-corrected chi connectivity index (χ2v) is 4.50. The molecule has 0 radical (unpaired) electrons. The summed E-state index contributed by atoms with van der Waals surface area (Å²) in [6.07, 6.45) is -0.131. The van der Waals surface area contributed by atoms with Crippen LogP contribution in [0.1, 0.15) is 17.2 Å². The van der Waals surface area contributed by atoms with Crippen molar-refractivity contribution in [1.29, 1.82) is 0 Å². The molecule has 108 valence electrons. The topological polar surface area (TPSA) is 67.9 Å². The molecule has 1 aromatic carbocycles. The van der Waals surface area contributed by atoms with Crippen molar-refractivity contribution >= 4 is 12.2 Å². The molecule has 1 atom stereocenters.